The van der Waals surface area contributed by atoms with Crippen molar-refractivity contribution in [3.63, 3.8) is 0 Å². The number of rotatable bonds is 4. The highest BCUT2D eigenvalue weighted by molar-refractivity contribution is 5.95. The molecule has 27 heavy (non-hydrogen) atoms. The van der Waals surface area contributed by atoms with Gasteiger partial charge in [0.05, 0.1) is 6.04 Å². The number of carbonyl (C=O) groups is 1. The number of hydrogen-bond donors (Lipinski definition) is 1. The monoisotopic (exact) mass is 364 g/mol. The third-order valence-electron chi connectivity index (χ3n) is 5.89. The molecule has 140 valence electrons. The van der Waals surface area contributed by atoms with Crippen molar-refractivity contribution in [3.8, 4) is 0 Å². The molecule has 0 bridgehead atoms. The van der Waals surface area contributed by atoms with Crippen LogP contribution in [0.25, 0.3) is 0 Å². The Bertz CT molecular complexity index is 870. The molecular weight excluding hydrogens is 339 g/mol. The van der Waals surface area contributed by atoms with E-state index in [2.05, 4.69) is 23.5 Å². The zero-order chi connectivity index (χ0) is 19.0. The first-order valence-corrected chi connectivity index (χ1v) is 9.74. The van der Waals surface area contributed by atoms with Crippen LogP contribution < -0.4 is 5.32 Å². The summed E-state index contributed by atoms with van der Waals surface area (Å²) in [6.45, 7) is 5.43. The van der Waals surface area contributed by atoms with Crippen molar-refractivity contribution >= 4 is 11.6 Å². The summed E-state index contributed by atoms with van der Waals surface area (Å²) in [6, 6.07) is 12.9. The number of fused-ring (bicyclic) bond motifs is 3. The average Bonchev–Trinajstić information content (AvgIpc) is 3.19. The molecule has 2 aliphatic rings. The second-order valence-corrected chi connectivity index (χ2v) is 7.31. The van der Waals surface area contributed by atoms with Gasteiger partial charge in [-0.25, -0.2) is 4.39 Å². The molecule has 0 fully saturated rings. The zero-order valence-electron chi connectivity index (χ0n) is 15.8. The second kappa shape index (κ2) is 7.18. The Morgan fingerprint density at radius 1 is 1.15 bits per heavy atom. The molecule has 4 rings (SSSR count). The highest BCUT2D eigenvalue weighted by atomic mass is 19.1. The highest BCUT2D eigenvalue weighted by Crippen LogP contribution is 2.49. The molecule has 0 spiro atoms. The fourth-order valence-electron chi connectivity index (χ4n) is 4.42. The summed E-state index contributed by atoms with van der Waals surface area (Å²) in [5.74, 6) is 0.528. The van der Waals surface area contributed by atoms with Crippen LogP contribution in [0, 0.1) is 11.7 Å². The number of anilines is 1. The maximum atomic E-state index is 13.3. The molecule has 3 nitrogen and oxygen atoms in total. The van der Waals surface area contributed by atoms with E-state index < -0.39 is 0 Å². The quantitative estimate of drug-likeness (QED) is 0.763. The van der Waals surface area contributed by atoms with E-state index in [-0.39, 0.29) is 23.7 Å². The molecule has 3 unspecified atom stereocenters. The van der Waals surface area contributed by atoms with Crippen molar-refractivity contribution < 1.29 is 9.18 Å². The SMILES string of the molecule is CCN(CC)C(=O)c1ccc2c(c1)C1C=CCC1C(c1ccc(F)cc1)N2. The van der Waals surface area contributed by atoms with E-state index >= 15 is 0 Å². The molecule has 1 aliphatic carbocycles. The van der Waals surface area contributed by atoms with Crippen LogP contribution in [0.4, 0.5) is 10.1 Å². The maximum absolute atomic E-state index is 13.3. The first kappa shape index (κ1) is 17.8. The first-order valence-electron chi connectivity index (χ1n) is 9.74. The van der Waals surface area contributed by atoms with Crippen LogP contribution in [-0.4, -0.2) is 23.9 Å². The fourth-order valence-corrected chi connectivity index (χ4v) is 4.42. The molecule has 0 saturated carbocycles. The van der Waals surface area contributed by atoms with E-state index in [1.165, 1.54) is 17.7 Å². The molecule has 1 aliphatic heterocycles. The van der Waals surface area contributed by atoms with Gasteiger partial charge in [0.2, 0.25) is 0 Å². The highest BCUT2D eigenvalue weighted by Gasteiger charge is 2.38. The summed E-state index contributed by atoms with van der Waals surface area (Å²) in [7, 11) is 0. The molecule has 1 heterocycles. The topological polar surface area (TPSA) is 32.3 Å². The van der Waals surface area contributed by atoms with Gasteiger partial charge in [-0.2, -0.15) is 0 Å². The van der Waals surface area contributed by atoms with Crippen LogP contribution in [0.2, 0.25) is 0 Å². The number of hydrogen-bond acceptors (Lipinski definition) is 2. The predicted molar refractivity (Wildman–Crippen MR) is 106 cm³/mol. The van der Waals surface area contributed by atoms with Gasteiger partial charge in [0, 0.05) is 30.3 Å². The van der Waals surface area contributed by atoms with E-state index in [1.807, 2.05) is 43.0 Å². The standard InChI is InChI=1S/C23H25FN2O/c1-3-26(4-2)23(27)16-10-13-21-20(14-16)18-6-5-7-19(18)22(25-21)15-8-11-17(24)12-9-15/h5-6,8-14,18-19,22,25H,3-4,7H2,1-2H3. The van der Waals surface area contributed by atoms with Crippen molar-refractivity contribution in [2.24, 2.45) is 5.92 Å². The first-order chi connectivity index (χ1) is 13.1. The number of amides is 1. The molecule has 2 aromatic rings. The molecule has 3 atom stereocenters. The van der Waals surface area contributed by atoms with E-state index in [9.17, 15) is 9.18 Å². The largest absolute Gasteiger partial charge is 0.378 e. The van der Waals surface area contributed by atoms with Crippen LogP contribution in [0.1, 0.15) is 53.7 Å². The summed E-state index contributed by atoms with van der Waals surface area (Å²) < 4.78 is 13.3. The molecule has 0 saturated heterocycles. The van der Waals surface area contributed by atoms with Crippen LogP contribution in [0.15, 0.2) is 54.6 Å². The Labute approximate surface area is 159 Å². The minimum atomic E-state index is -0.212. The van der Waals surface area contributed by atoms with Gasteiger partial charge >= 0.3 is 0 Å². The van der Waals surface area contributed by atoms with E-state index in [0.29, 0.717) is 19.0 Å². The maximum Gasteiger partial charge on any atom is 0.253 e. The van der Waals surface area contributed by atoms with Crippen molar-refractivity contribution in [1.82, 2.24) is 4.90 Å². The zero-order valence-corrected chi connectivity index (χ0v) is 15.8. The Kier molecular flexibility index (Phi) is 4.73. The Morgan fingerprint density at radius 2 is 1.89 bits per heavy atom. The van der Waals surface area contributed by atoms with Crippen molar-refractivity contribution in [3.05, 3.63) is 77.1 Å². The molecule has 4 heteroatoms. The van der Waals surface area contributed by atoms with Gasteiger partial charge in [0.15, 0.2) is 0 Å². The molecule has 1 N–H and O–H groups in total. The lowest BCUT2D eigenvalue weighted by atomic mass is 9.76. The molecule has 0 aromatic heterocycles. The second-order valence-electron chi connectivity index (χ2n) is 7.31. The molecule has 2 aromatic carbocycles. The van der Waals surface area contributed by atoms with Crippen LogP contribution >= 0.6 is 0 Å². The summed E-state index contributed by atoms with van der Waals surface area (Å²) in [4.78, 5) is 14.6. The van der Waals surface area contributed by atoms with Crippen LogP contribution in [0.5, 0.6) is 0 Å². The predicted octanol–water partition coefficient (Wildman–Crippen LogP) is 5.13. The van der Waals surface area contributed by atoms with Crippen LogP contribution in [0.3, 0.4) is 0 Å². The van der Waals surface area contributed by atoms with Gasteiger partial charge in [-0.05, 0) is 67.6 Å². The minimum absolute atomic E-state index is 0.0852. The Hall–Kier alpha value is -2.62. The lowest BCUT2D eigenvalue weighted by molar-refractivity contribution is 0.0773. The number of nitrogens with one attached hydrogen (secondary N) is 1. The van der Waals surface area contributed by atoms with E-state index in [1.54, 1.807) is 0 Å². The van der Waals surface area contributed by atoms with Crippen molar-refractivity contribution in [2.75, 3.05) is 18.4 Å². The third kappa shape index (κ3) is 3.14. The Morgan fingerprint density at radius 3 is 2.59 bits per heavy atom. The number of carbonyl (C=O) groups excluding carboxylic acids is 1. The molecular formula is C23H25FN2O. The van der Waals surface area contributed by atoms with Gasteiger partial charge in [-0.15, -0.1) is 0 Å². The van der Waals surface area contributed by atoms with E-state index in [4.69, 9.17) is 0 Å². The third-order valence-corrected chi connectivity index (χ3v) is 5.89. The average molecular weight is 364 g/mol. The summed E-state index contributed by atoms with van der Waals surface area (Å²) in [6.07, 6.45) is 5.46. The fraction of sp³-hybridized carbons (Fsp3) is 0.348. The van der Waals surface area contributed by atoms with Crippen molar-refractivity contribution in [1.29, 1.82) is 0 Å². The summed E-state index contributed by atoms with van der Waals surface area (Å²) in [5, 5.41) is 3.64. The van der Waals surface area contributed by atoms with Crippen LogP contribution in [-0.2, 0) is 0 Å². The van der Waals surface area contributed by atoms with Gasteiger partial charge in [-0.3, -0.25) is 4.79 Å². The smallest absolute Gasteiger partial charge is 0.253 e. The number of halogens is 1. The lowest BCUT2D eigenvalue weighted by Gasteiger charge is -2.38. The van der Waals surface area contributed by atoms with Gasteiger partial charge < -0.3 is 10.2 Å². The number of benzene rings is 2. The number of nitrogens with zero attached hydrogens (tertiary/aromatic N) is 1. The minimum Gasteiger partial charge on any atom is -0.378 e. The van der Waals surface area contributed by atoms with E-state index in [0.717, 1.165) is 23.2 Å². The van der Waals surface area contributed by atoms with Gasteiger partial charge in [-0.1, -0.05) is 24.3 Å². The summed E-state index contributed by atoms with van der Waals surface area (Å²) in [5.41, 5.74) is 4.10. The van der Waals surface area contributed by atoms with Gasteiger partial charge in [0.25, 0.3) is 5.91 Å². The number of allylic oxidation sites excluding steroid dienone is 2. The van der Waals surface area contributed by atoms with Gasteiger partial charge in [0.1, 0.15) is 5.82 Å². The van der Waals surface area contributed by atoms with Crippen molar-refractivity contribution in [2.45, 2.75) is 32.2 Å². The molecule has 1 amide bonds. The molecule has 0 radical (unpaired) electrons. The summed E-state index contributed by atoms with van der Waals surface area (Å²) >= 11 is 0. The lowest BCUT2D eigenvalue weighted by Crippen LogP contribution is -2.32. The normalized spacial score (nSPS) is 22.7. The Balaban J connectivity index is 1.69.